The molecule has 0 saturated carbocycles. The van der Waals surface area contributed by atoms with E-state index in [-0.39, 0.29) is 11.4 Å². The van der Waals surface area contributed by atoms with Gasteiger partial charge in [-0.25, -0.2) is 18.1 Å². The third-order valence-electron chi connectivity index (χ3n) is 5.53. The molecule has 3 aromatic rings. The number of halogens is 1. The van der Waals surface area contributed by atoms with Crippen LogP contribution in [0.2, 0.25) is 0 Å². The van der Waals surface area contributed by atoms with Gasteiger partial charge < -0.3 is 9.64 Å². The van der Waals surface area contributed by atoms with Crippen molar-refractivity contribution in [1.29, 1.82) is 0 Å². The average molecular weight is 518 g/mol. The van der Waals surface area contributed by atoms with Crippen LogP contribution in [0.3, 0.4) is 0 Å². The van der Waals surface area contributed by atoms with Gasteiger partial charge in [0.2, 0.25) is 15.9 Å². The van der Waals surface area contributed by atoms with E-state index in [0.29, 0.717) is 17.5 Å². The van der Waals surface area contributed by atoms with Crippen LogP contribution in [0.5, 0.6) is 5.88 Å². The first-order valence-electron chi connectivity index (χ1n) is 10.3. The molecule has 0 unspecified atom stereocenters. The maximum absolute atomic E-state index is 13.2. The topological polar surface area (TPSA) is 97.3 Å². The summed E-state index contributed by atoms with van der Waals surface area (Å²) >= 11 is 3.49. The molecule has 0 radical (unpaired) electrons. The molecule has 0 aliphatic carbocycles. The number of piperidine rings is 1. The highest BCUT2D eigenvalue weighted by Gasteiger charge is 2.27. The second-order valence-corrected chi connectivity index (χ2v) is 10.2. The first kappa shape index (κ1) is 22.6. The molecule has 1 aliphatic heterocycles. The molecule has 168 valence electrons. The first-order valence-corrected chi connectivity index (χ1v) is 12.5. The summed E-state index contributed by atoms with van der Waals surface area (Å²) in [5, 5.41) is 8.22. The zero-order valence-electron chi connectivity index (χ0n) is 17.6. The molecule has 1 fully saturated rings. The molecular formula is C22H24BrN5O3S. The number of ether oxygens (including phenoxy) is 1. The molecule has 0 amide bonds. The number of hydrogen-bond acceptors (Lipinski definition) is 7. The maximum Gasteiger partial charge on any atom is 0.242 e. The standard InChI is InChI=1S/C22H24BrN5O3S/c1-31-22-7-4-16(14-24-22)15-26-32(29,30)21-6-5-18(23)13-20(21)28-11-8-17(9-12-28)19-3-2-10-25-27-19/h2-7,10,13-14,17,26H,8-9,11-12,15H2,1H3. The van der Waals surface area contributed by atoms with Crippen molar-refractivity contribution in [2.45, 2.75) is 30.2 Å². The van der Waals surface area contributed by atoms with E-state index in [1.165, 1.54) is 7.11 Å². The van der Waals surface area contributed by atoms with Gasteiger partial charge >= 0.3 is 0 Å². The molecule has 3 heterocycles. The van der Waals surface area contributed by atoms with Crippen molar-refractivity contribution in [3.8, 4) is 5.88 Å². The maximum atomic E-state index is 13.2. The van der Waals surface area contributed by atoms with Crippen molar-refractivity contribution >= 4 is 31.6 Å². The van der Waals surface area contributed by atoms with E-state index in [1.54, 1.807) is 36.7 Å². The lowest BCUT2D eigenvalue weighted by atomic mass is 9.93. The van der Waals surface area contributed by atoms with Crippen molar-refractivity contribution in [1.82, 2.24) is 19.9 Å². The number of sulfonamides is 1. The number of nitrogens with zero attached hydrogens (tertiary/aromatic N) is 4. The highest BCUT2D eigenvalue weighted by molar-refractivity contribution is 9.10. The van der Waals surface area contributed by atoms with Gasteiger partial charge in [-0.3, -0.25) is 0 Å². The zero-order valence-corrected chi connectivity index (χ0v) is 20.0. The van der Waals surface area contributed by atoms with Crippen LogP contribution in [0.15, 0.2) is 64.2 Å². The van der Waals surface area contributed by atoms with Gasteiger partial charge in [0.1, 0.15) is 4.90 Å². The molecule has 0 spiro atoms. The van der Waals surface area contributed by atoms with Gasteiger partial charge in [0.25, 0.3) is 0 Å². The Hall–Kier alpha value is -2.56. The minimum Gasteiger partial charge on any atom is -0.481 e. The Morgan fingerprint density at radius 2 is 2.00 bits per heavy atom. The van der Waals surface area contributed by atoms with E-state index in [0.717, 1.165) is 41.7 Å². The van der Waals surface area contributed by atoms with Crippen molar-refractivity contribution in [3.05, 3.63) is 70.6 Å². The summed E-state index contributed by atoms with van der Waals surface area (Å²) < 4.78 is 34.9. The van der Waals surface area contributed by atoms with E-state index in [2.05, 4.69) is 40.7 Å². The van der Waals surface area contributed by atoms with E-state index in [4.69, 9.17) is 4.74 Å². The van der Waals surface area contributed by atoms with E-state index < -0.39 is 10.0 Å². The number of pyridine rings is 1. The molecular weight excluding hydrogens is 494 g/mol. The van der Waals surface area contributed by atoms with Crippen molar-refractivity contribution in [2.24, 2.45) is 0 Å². The predicted molar refractivity (Wildman–Crippen MR) is 125 cm³/mol. The number of rotatable bonds is 7. The van der Waals surface area contributed by atoms with Gasteiger partial charge in [-0.05, 0) is 48.7 Å². The Morgan fingerprint density at radius 1 is 1.19 bits per heavy atom. The summed E-state index contributed by atoms with van der Waals surface area (Å²) in [5.74, 6) is 0.810. The van der Waals surface area contributed by atoms with Crippen LogP contribution in [-0.2, 0) is 16.6 Å². The number of aromatic nitrogens is 3. The zero-order chi connectivity index (χ0) is 22.6. The Labute approximate surface area is 196 Å². The Bertz CT molecular complexity index is 1150. The third-order valence-corrected chi connectivity index (χ3v) is 7.47. The minimum absolute atomic E-state index is 0.142. The monoisotopic (exact) mass is 517 g/mol. The summed E-state index contributed by atoms with van der Waals surface area (Å²) in [6, 6.07) is 12.6. The molecule has 1 aromatic carbocycles. The fourth-order valence-corrected chi connectivity index (χ4v) is 5.38. The predicted octanol–water partition coefficient (Wildman–Crippen LogP) is 3.51. The first-order chi connectivity index (χ1) is 15.5. The van der Waals surface area contributed by atoms with Crippen LogP contribution in [0, 0.1) is 0 Å². The largest absolute Gasteiger partial charge is 0.481 e. The minimum atomic E-state index is -3.73. The van der Waals surface area contributed by atoms with E-state index in [9.17, 15) is 8.42 Å². The van der Waals surface area contributed by atoms with Gasteiger partial charge in [0, 0.05) is 48.5 Å². The molecule has 1 aliphatic rings. The highest BCUT2D eigenvalue weighted by Crippen LogP contribution is 2.34. The molecule has 1 N–H and O–H groups in total. The smallest absolute Gasteiger partial charge is 0.242 e. The number of nitrogens with one attached hydrogen (secondary N) is 1. The van der Waals surface area contributed by atoms with Crippen LogP contribution in [0.1, 0.15) is 30.0 Å². The molecule has 1 saturated heterocycles. The molecule has 8 nitrogen and oxygen atoms in total. The summed E-state index contributed by atoms with van der Waals surface area (Å²) in [6.45, 7) is 1.62. The van der Waals surface area contributed by atoms with Crippen LogP contribution in [0.25, 0.3) is 0 Å². The molecule has 4 rings (SSSR count). The number of benzene rings is 1. The molecule has 32 heavy (non-hydrogen) atoms. The summed E-state index contributed by atoms with van der Waals surface area (Å²) in [6.07, 6.45) is 5.04. The summed E-state index contributed by atoms with van der Waals surface area (Å²) in [5.41, 5.74) is 2.43. The van der Waals surface area contributed by atoms with E-state index >= 15 is 0 Å². The molecule has 0 bridgehead atoms. The van der Waals surface area contributed by atoms with Crippen LogP contribution >= 0.6 is 15.9 Å². The lowest BCUT2D eigenvalue weighted by molar-refractivity contribution is 0.397. The van der Waals surface area contributed by atoms with E-state index in [1.807, 2.05) is 18.2 Å². The Kier molecular flexibility index (Phi) is 7.02. The van der Waals surface area contributed by atoms with Gasteiger partial charge in [0.05, 0.1) is 18.5 Å². The fourth-order valence-electron chi connectivity index (χ4n) is 3.80. The van der Waals surface area contributed by atoms with Crippen molar-refractivity contribution in [3.63, 3.8) is 0 Å². The lowest BCUT2D eigenvalue weighted by Crippen LogP contribution is -2.35. The van der Waals surface area contributed by atoms with Crippen molar-refractivity contribution < 1.29 is 13.2 Å². The second-order valence-electron chi connectivity index (χ2n) is 7.56. The second kappa shape index (κ2) is 9.93. The lowest BCUT2D eigenvalue weighted by Gasteiger charge is -2.34. The molecule has 10 heteroatoms. The number of hydrogen-bond donors (Lipinski definition) is 1. The Morgan fingerprint density at radius 3 is 2.66 bits per heavy atom. The third kappa shape index (κ3) is 5.25. The quantitative estimate of drug-likeness (QED) is 0.511. The number of anilines is 1. The van der Waals surface area contributed by atoms with Gasteiger partial charge in [-0.2, -0.15) is 10.2 Å². The Balaban J connectivity index is 1.50. The summed E-state index contributed by atoms with van der Waals surface area (Å²) in [4.78, 5) is 6.51. The van der Waals surface area contributed by atoms with Gasteiger partial charge in [0.15, 0.2) is 0 Å². The summed E-state index contributed by atoms with van der Waals surface area (Å²) in [7, 11) is -2.19. The van der Waals surface area contributed by atoms with Gasteiger partial charge in [-0.1, -0.05) is 22.0 Å². The van der Waals surface area contributed by atoms with Crippen molar-refractivity contribution in [2.75, 3.05) is 25.1 Å². The van der Waals surface area contributed by atoms with Crippen LogP contribution in [0.4, 0.5) is 5.69 Å². The van der Waals surface area contributed by atoms with Crippen LogP contribution < -0.4 is 14.4 Å². The molecule has 0 atom stereocenters. The number of methoxy groups -OCH3 is 1. The highest BCUT2D eigenvalue weighted by atomic mass is 79.9. The average Bonchev–Trinajstić information content (AvgIpc) is 2.83. The molecule has 2 aromatic heterocycles. The SMILES string of the molecule is COc1ccc(CNS(=O)(=O)c2ccc(Br)cc2N2CCC(c3cccnn3)CC2)cn1. The van der Waals surface area contributed by atoms with Gasteiger partial charge in [-0.15, -0.1) is 0 Å². The normalized spacial score (nSPS) is 15.0. The fraction of sp³-hybridized carbons (Fsp3) is 0.318. The van der Waals surface area contributed by atoms with Crippen LogP contribution in [-0.4, -0.2) is 43.8 Å².